The quantitative estimate of drug-likeness (QED) is 0.607. The van der Waals surface area contributed by atoms with Crippen molar-refractivity contribution in [3.05, 3.63) is 53.9 Å². The number of likely N-dealkylation sites (tertiary alicyclic amines) is 1. The maximum atomic E-state index is 12.2. The molecule has 6 heteroatoms. The minimum absolute atomic E-state index is 0.0480. The molecule has 2 aromatic rings. The molecule has 0 spiro atoms. The van der Waals surface area contributed by atoms with Gasteiger partial charge in [0.1, 0.15) is 11.5 Å². The number of hydrogen-bond acceptors (Lipinski definition) is 5. The number of aryl methyl sites for hydroxylation is 2. The van der Waals surface area contributed by atoms with Gasteiger partial charge in [-0.05, 0) is 62.4 Å². The van der Waals surface area contributed by atoms with Gasteiger partial charge in [0, 0.05) is 31.4 Å². The molecule has 1 aromatic carbocycles. The summed E-state index contributed by atoms with van der Waals surface area (Å²) in [5.74, 6) is 1.51. The van der Waals surface area contributed by atoms with Gasteiger partial charge in [0.25, 0.3) is 5.91 Å². The summed E-state index contributed by atoms with van der Waals surface area (Å²) in [6, 6.07) is 12.1. The zero-order valence-corrected chi connectivity index (χ0v) is 18.1. The van der Waals surface area contributed by atoms with Gasteiger partial charge in [-0.2, -0.15) is 0 Å². The number of ether oxygens (including phenoxy) is 2. The Hall–Kier alpha value is -2.60. The lowest BCUT2D eigenvalue weighted by atomic mass is 10.0. The summed E-state index contributed by atoms with van der Waals surface area (Å²) >= 11 is 0. The van der Waals surface area contributed by atoms with E-state index in [2.05, 4.69) is 22.1 Å². The lowest BCUT2D eigenvalue weighted by Gasteiger charge is -2.32. The molecule has 30 heavy (non-hydrogen) atoms. The van der Waals surface area contributed by atoms with Crippen molar-refractivity contribution in [3.8, 4) is 11.5 Å². The van der Waals surface area contributed by atoms with Gasteiger partial charge in [-0.25, -0.2) is 0 Å². The topological polar surface area (TPSA) is 63.7 Å². The van der Waals surface area contributed by atoms with E-state index in [-0.39, 0.29) is 18.6 Å². The number of carbonyl (C=O) groups excluding carboxylic acids is 1. The standard InChI is InChI=1S/C24H33N3O3/c1-3-20-6-9-22(10-7-20)30-18-24(28)26-21-11-14-27(15-12-21)13-4-16-29-23-8-5-19(2)25-17-23/h5-10,17,21H,3-4,11-16,18H2,1-2H3,(H,26,28). The van der Waals surface area contributed by atoms with Crippen molar-refractivity contribution in [1.29, 1.82) is 0 Å². The Labute approximate surface area is 179 Å². The molecular formula is C24H33N3O3. The normalized spacial score (nSPS) is 15.0. The van der Waals surface area contributed by atoms with Gasteiger partial charge in [-0.15, -0.1) is 0 Å². The highest BCUT2D eigenvalue weighted by molar-refractivity contribution is 5.77. The van der Waals surface area contributed by atoms with E-state index in [1.165, 1.54) is 5.56 Å². The highest BCUT2D eigenvalue weighted by Crippen LogP contribution is 2.14. The van der Waals surface area contributed by atoms with Crippen LogP contribution < -0.4 is 14.8 Å². The molecule has 1 saturated heterocycles. The van der Waals surface area contributed by atoms with Crippen molar-refractivity contribution in [2.75, 3.05) is 32.8 Å². The van der Waals surface area contributed by atoms with Gasteiger partial charge in [-0.1, -0.05) is 19.1 Å². The monoisotopic (exact) mass is 411 g/mol. The smallest absolute Gasteiger partial charge is 0.258 e. The Balaban J connectivity index is 1.26. The van der Waals surface area contributed by atoms with Crippen LogP contribution in [0.1, 0.15) is 37.4 Å². The summed E-state index contributed by atoms with van der Waals surface area (Å²) in [5.41, 5.74) is 2.26. The van der Waals surface area contributed by atoms with Gasteiger partial charge in [0.15, 0.2) is 6.61 Å². The Morgan fingerprint density at radius 3 is 2.50 bits per heavy atom. The van der Waals surface area contributed by atoms with Crippen LogP contribution in [-0.4, -0.2) is 54.7 Å². The average molecular weight is 412 g/mol. The van der Waals surface area contributed by atoms with Gasteiger partial charge in [0.2, 0.25) is 0 Å². The molecule has 1 amide bonds. The molecule has 1 N–H and O–H groups in total. The largest absolute Gasteiger partial charge is 0.492 e. The van der Waals surface area contributed by atoms with Gasteiger partial charge < -0.3 is 19.7 Å². The van der Waals surface area contributed by atoms with Gasteiger partial charge >= 0.3 is 0 Å². The van der Waals surface area contributed by atoms with Crippen LogP contribution in [0, 0.1) is 6.92 Å². The third kappa shape index (κ3) is 7.34. The van der Waals surface area contributed by atoms with E-state index >= 15 is 0 Å². The molecule has 0 bridgehead atoms. The third-order valence-corrected chi connectivity index (χ3v) is 5.43. The van der Waals surface area contributed by atoms with Crippen LogP contribution in [0.4, 0.5) is 0 Å². The molecule has 0 atom stereocenters. The molecule has 1 aromatic heterocycles. The Kier molecular flexibility index (Phi) is 8.51. The minimum Gasteiger partial charge on any atom is -0.492 e. The van der Waals surface area contributed by atoms with Crippen molar-refractivity contribution >= 4 is 5.91 Å². The fraction of sp³-hybridized carbons (Fsp3) is 0.500. The highest BCUT2D eigenvalue weighted by Gasteiger charge is 2.20. The van der Waals surface area contributed by atoms with E-state index in [1.807, 2.05) is 43.3 Å². The maximum absolute atomic E-state index is 12.2. The van der Waals surface area contributed by atoms with Gasteiger partial charge in [-0.3, -0.25) is 9.78 Å². The van der Waals surface area contributed by atoms with Crippen LogP contribution in [0.2, 0.25) is 0 Å². The number of hydrogen-bond donors (Lipinski definition) is 1. The van der Waals surface area contributed by atoms with Crippen molar-refractivity contribution in [3.63, 3.8) is 0 Å². The number of aromatic nitrogens is 1. The SMILES string of the molecule is CCc1ccc(OCC(=O)NC2CCN(CCCOc3ccc(C)nc3)CC2)cc1. The number of benzene rings is 1. The molecular weight excluding hydrogens is 378 g/mol. The zero-order valence-electron chi connectivity index (χ0n) is 18.1. The van der Waals surface area contributed by atoms with Crippen LogP contribution >= 0.6 is 0 Å². The van der Waals surface area contributed by atoms with E-state index < -0.39 is 0 Å². The molecule has 162 valence electrons. The second kappa shape index (κ2) is 11.6. The maximum Gasteiger partial charge on any atom is 0.258 e. The van der Waals surface area contributed by atoms with Crippen LogP contribution in [0.5, 0.6) is 11.5 Å². The lowest BCUT2D eigenvalue weighted by molar-refractivity contribution is -0.124. The van der Waals surface area contributed by atoms with Crippen molar-refractivity contribution in [2.24, 2.45) is 0 Å². The summed E-state index contributed by atoms with van der Waals surface area (Å²) in [6.45, 7) is 7.85. The lowest BCUT2D eigenvalue weighted by Crippen LogP contribution is -2.46. The highest BCUT2D eigenvalue weighted by atomic mass is 16.5. The molecule has 0 radical (unpaired) electrons. The van der Waals surface area contributed by atoms with Crippen molar-refractivity contribution in [2.45, 2.75) is 45.6 Å². The number of nitrogens with one attached hydrogen (secondary N) is 1. The number of amides is 1. The number of pyridine rings is 1. The average Bonchev–Trinajstić information content (AvgIpc) is 2.78. The molecule has 1 aliphatic rings. The first-order chi connectivity index (χ1) is 14.6. The number of nitrogens with zero attached hydrogens (tertiary/aromatic N) is 2. The fourth-order valence-corrected chi connectivity index (χ4v) is 3.56. The molecule has 0 saturated carbocycles. The van der Waals surface area contributed by atoms with Crippen LogP contribution in [0.25, 0.3) is 0 Å². The van der Waals surface area contributed by atoms with Gasteiger partial charge in [0.05, 0.1) is 12.8 Å². The number of piperidine rings is 1. The summed E-state index contributed by atoms with van der Waals surface area (Å²) < 4.78 is 11.3. The van der Waals surface area contributed by atoms with E-state index in [1.54, 1.807) is 6.20 Å². The predicted molar refractivity (Wildman–Crippen MR) is 118 cm³/mol. The summed E-state index contributed by atoms with van der Waals surface area (Å²) in [5, 5.41) is 3.10. The first-order valence-electron chi connectivity index (χ1n) is 10.9. The molecule has 2 heterocycles. The first-order valence-corrected chi connectivity index (χ1v) is 10.9. The fourth-order valence-electron chi connectivity index (χ4n) is 3.56. The van der Waals surface area contributed by atoms with E-state index in [4.69, 9.17) is 9.47 Å². The van der Waals surface area contributed by atoms with Crippen molar-refractivity contribution < 1.29 is 14.3 Å². The zero-order chi connectivity index (χ0) is 21.2. The second-order valence-electron chi connectivity index (χ2n) is 7.81. The first kappa shape index (κ1) is 22.1. The molecule has 1 aliphatic heterocycles. The van der Waals surface area contributed by atoms with E-state index in [9.17, 15) is 4.79 Å². The number of rotatable bonds is 10. The third-order valence-electron chi connectivity index (χ3n) is 5.43. The van der Waals surface area contributed by atoms with Crippen LogP contribution in [0.15, 0.2) is 42.6 Å². The Morgan fingerprint density at radius 1 is 1.10 bits per heavy atom. The molecule has 0 unspecified atom stereocenters. The minimum atomic E-state index is -0.0480. The Morgan fingerprint density at radius 2 is 1.83 bits per heavy atom. The predicted octanol–water partition coefficient (Wildman–Crippen LogP) is 3.38. The van der Waals surface area contributed by atoms with Crippen LogP contribution in [0.3, 0.4) is 0 Å². The summed E-state index contributed by atoms with van der Waals surface area (Å²) in [4.78, 5) is 18.9. The van der Waals surface area contributed by atoms with Crippen molar-refractivity contribution in [1.82, 2.24) is 15.2 Å². The second-order valence-corrected chi connectivity index (χ2v) is 7.81. The summed E-state index contributed by atoms with van der Waals surface area (Å²) in [6.07, 6.45) is 5.69. The molecule has 0 aliphatic carbocycles. The molecule has 6 nitrogen and oxygen atoms in total. The number of carbonyl (C=O) groups is 1. The van der Waals surface area contributed by atoms with E-state index in [0.29, 0.717) is 6.61 Å². The Bertz CT molecular complexity index is 769. The summed E-state index contributed by atoms with van der Waals surface area (Å²) in [7, 11) is 0. The molecule has 3 rings (SSSR count). The van der Waals surface area contributed by atoms with E-state index in [0.717, 1.165) is 62.5 Å². The van der Waals surface area contributed by atoms with Crippen LogP contribution in [-0.2, 0) is 11.2 Å². The molecule has 1 fully saturated rings.